The first-order chi connectivity index (χ1) is 7.93. The predicted octanol–water partition coefficient (Wildman–Crippen LogP) is 1.46. The lowest BCUT2D eigenvalue weighted by molar-refractivity contribution is 0.487. The van der Waals surface area contributed by atoms with Crippen LogP contribution < -0.4 is 4.18 Å². The Morgan fingerprint density at radius 1 is 1.47 bits per heavy atom. The lowest BCUT2D eigenvalue weighted by Gasteiger charge is -2.05. The van der Waals surface area contributed by atoms with Gasteiger partial charge in [-0.25, -0.2) is 4.68 Å². The van der Waals surface area contributed by atoms with Crippen molar-refractivity contribution in [1.82, 2.24) is 15.0 Å². The van der Waals surface area contributed by atoms with Crippen LogP contribution in [-0.4, -0.2) is 29.2 Å². The Kier molecular flexibility index (Phi) is 3.09. The number of nitrogens with zero attached hydrogens (tertiary/aromatic N) is 3. The zero-order valence-electron chi connectivity index (χ0n) is 9.21. The molecule has 92 valence electrons. The molecule has 0 amide bonds. The molecule has 0 radical (unpaired) electrons. The molecule has 0 N–H and O–H groups in total. The van der Waals surface area contributed by atoms with Gasteiger partial charge in [0.05, 0.1) is 15.7 Å². The number of aromatic nitrogens is 3. The van der Waals surface area contributed by atoms with Gasteiger partial charge in [-0.15, -0.1) is 5.10 Å². The normalized spacial score (nSPS) is 11.9. The monoisotopic (exact) mass is 319 g/mol. The van der Waals surface area contributed by atoms with Crippen LogP contribution in [-0.2, 0) is 17.2 Å². The Hall–Kier alpha value is -1.15. The third kappa shape index (κ3) is 2.42. The molecule has 6 nitrogen and oxygen atoms in total. The smallest absolute Gasteiger partial charge is 0.308 e. The molecule has 1 aromatic carbocycles. The first-order valence-corrected chi connectivity index (χ1v) is 7.21. The fraction of sp³-hybridized carbons (Fsp3) is 0.333. The molecule has 1 heterocycles. The predicted molar refractivity (Wildman–Crippen MR) is 66.3 cm³/mol. The topological polar surface area (TPSA) is 74.1 Å². The SMILES string of the molecule is CCS(=O)(=O)Oc1cc(Br)c2nnn(C)c2c1. The number of halogens is 1. The highest BCUT2D eigenvalue weighted by atomic mass is 79.9. The molecule has 0 aliphatic carbocycles. The highest BCUT2D eigenvalue weighted by molar-refractivity contribution is 9.10. The zero-order valence-corrected chi connectivity index (χ0v) is 11.6. The average molecular weight is 320 g/mol. The van der Waals surface area contributed by atoms with E-state index in [1.807, 2.05) is 0 Å². The largest absolute Gasteiger partial charge is 0.382 e. The molecule has 8 heteroatoms. The lowest BCUT2D eigenvalue weighted by Crippen LogP contribution is -2.11. The van der Waals surface area contributed by atoms with Gasteiger partial charge in [-0.1, -0.05) is 5.21 Å². The minimum Gasteiger partial charge on any atom is -0.382 e. The maximum Gasteiger partial charge on any atom is 0.308 e. The fourth-order valence-corrected chi connectivity index (χ4v) is 2.34. The van der Waals surface area contributed by atoms with E-state index in [1.165, 1.54) is 6.92 Å². The quantitative estimate of drug-likeness (QED) is 0.801. The Morgan fingerprint density at radius 2 is 2.18 bits per heavy atom. The summed E-state index contributed by atoms with van der Waals surface area (Å²) in [7, 11) is -1.80. The van der Waals surface area contributed by atoms with E-state index < -0.39 is 10.1 Å². The summed E-state index contributed by atoms with van der Waals surface area (Å²) in [6.07, 6.45) is 0. The summed E-state index contributed by atoms with van der Waals surface area (Å²) in [6.45, 7) is 1.52. The molecule has 0 aliphatic rings. The van der Waals surface area contributed by atoms with Gasteiger partial charge in [0.2, 0.25) is 0 Å². The fourth-order valence-electron chi connectivity index (χ4n) is 1.32. The summed E-state index contributed by atoms with van der Waals surface area (Å²) in [5.74, 6) is 0.170. The molecule has 0 unspecified atom stereocenters. The Bertz CT molecular complexity index is 665. The van der Waals surface area contributed by atoms with Gasteiger partial charge in [0.25, 0.3) is 0 Å². The van der Waals surface area contributed by atoms with Crippen molar-refractivity contribution >= 4 is 37.1 Å². The van der Waals surface area contributed by atoms with Crippen molar-refractivity contribution in [2.24, 2.45) is 7.05 Å². The van der Waals surface area contributed by atoms with Crippen molar-refractivity contribution < 1.29 is 12.6 Å². The van der Waals surface area contributed by atoms with Crippen LogP contribution in [0, 0.1) is 0 Å². The average Bonchev–Trinajstić information content (AvgIpc) is 2.61. The number of aryl methyl sites for hydroxylation is 1. The number of fused-ring (bicyclic) bond motifs is 1. The molecule has 0 bridgehead atoms. The van der Waals surface area contributed by atoms with Crippen LogP contribution in [0.3, 0.4) is 0 Å². The lowest BCUT2D eigenvalue weighted by atomic mass is 10.3. The second-order valence-electron chi connectivity index (χ2n) is 3.42. The molecule has 0 spiro atoms. The molecule has 17 heavy (non-hydrogen) atoms. The van der Waals surface area contributed by atoms with Crippen molar-refractivity contribution in [1.29, 1.82) is 0 Å². The van der Waals surface area contributed by atoms with Crippen LogP contribution in [0.5, 0.6) is 5.75 Å². The van der Waals surface area contributed by atoms with Gasteiger partial charge in [0.1, 0.15) is 11.3 Å². The van der Waals surface area contributed by atoms with Gasteiger partial charge in [-0.05, 0) is 28.9 Å². The van der Waals surface area contributed by atoms with Crippen LogP contribution in [0.15, 0.2) is 16.6 Å². The van der Waals surface area contributed by atoms with E-state index in [9.17, 15) is 8.42 Å². The number of hydrogen-bond donors (Lipinski definition) is 0. The third-order valence-electron chi connectivity index (χ3n) is 2.22. The highest BCUT2D eigenvalue weighted by Gasteiger charge is 2.13. The molecular formula is C9H10BrN3O3S. The third-order valence-corrected chi connectivity index (χ3v) is 3.98. The Morgan fingerprint density at radius 3 is 2.82 bits per heavy atom. The van der Waals surface area contributed by atoms with Crippen molar-refractivity contribution in [3.05, 3.63) is 16.6 Å². The van der Waals surface area contributed by atoms with Gasteiger partial charge in [-0.3, -0.25) is 0 Å². The van der Waals surface area contributed by atoms with Crippen LogP contribution >= 0.6 is 15.9 Å². The number of rotatable bonds is 3. The van der Waals surface area contributed by atoms with E-state index in [4.69, 9.17) is 4.18 Å². The first-order valence-electron chi connectivity index (χ1n) is 4.84. The molecule has 0 aliphatic heterocycles. The molecular weight excluding hydrogens is 310 g/mol. The second-order valence-corrected chi connectivity index (χ2v) is 6.13. The molecule has 2 aromatic rings. The minimum absolute atomic E-state index is 0.0771. The van der Waals surface area contributed by atoms with Crippen molar-refractivity contribution in [3.8, 4) is 5.75 Å². The summed E-state index contributed by atoms with van der Waals surface area (Å²) in [6, 6.07) is 3.15. The second kappa shape index (κ2) is 4.26. The summed E-state index contributed by atoms with van der Waals surface area (Å²) in [5, 5.41) is 7.78. The molecule has 0 fully saturated rings. The van der Waals surface area contributed by atoms with Crippen LogP contribution in [0.2, 0.25) is 0 Å². The molecule has 2 rings (SSSR count). The number of hydrogen-bond acceptors (Lipinski definition) is 5. The zero-order chi connectivity index (χ0) is 12.6. The maximum absolute atomic E-state index is 11.4. The minimum atomic E-state index is -3.52. The summed E-state index contributed by atoms with van der Waals surface area (Å²) in [4.78, 5) is 0. The molecule has 0 saturated carbocycles. The van der Waals surface area contributed by atoms with Gasteiger partial charge in [0.15, 0.2) is 0 Å². The van der Waals surface area contributed by atoms with Gasteiger partial charge < -0.3 is 4.18 Å². The van der Waals surface area contributed by atoms with Crippen molar-refractivity contribution in [3.63, 3.8) is 0 Å². The van der Waals surface area contributed by atoms with Crippen LogP contribution in [0.4, 0.5) is 0 Å². The van der Waals surface area contributed by atoms with Gasteiger partial charge in [-0.2, -0.15) is 8.42 Å². The summed E-state index contributed by atoms with van der Waals surface area (Å²) < 4.78 is 29.9. The van der Waals surface area contributed by atoms with E-state index in [0.29, 0.717) is 15.5 Å². The van der Waals surface area contributed by atoms with Crippen molar-refractivity contribution in [2.45, 2.75) is 6.92 Å². The molecule has 1 aromatic heterocycles. The molecule has 0 saturated heterocycles. The first kappa shape index (κ1) is 12.3. The van der Waals surface area contributed by atoms with E-state index >= 15 is 0 Å². The highest BCUT2D eigenvalue weighted by Crippen LogP contribution is 2.28. The summed E-state index contributed by atoms with van der Waals surface area (Å²) >= 11 is 3.30. The number of benzene rings is 1. The van der Waals surface area contributed by atoms with Crippen molar-refractivity contribution in [2.75, 3.05) is 5.75 Å². The standard InChI is InChI=1S/C9H10BrN3O3S/c1-3-17(14,15)16-6-4-7(10)9-8(5-6)13(2)12-11-9/h4-5H,3H2,1-2H3. The van der Waals surface area contributed by atoms with Crippen LogP contribution in [0.25, 0.3) is 11.0 Å². The van der Waals surface area contributed by atoms with Crippen LogP contribution in [0.1, 0.15) is 6.92 Å². The Labute approximate surface area is 107 Å². The van der Waals surface area contributed by atoms with E-state index in [2.05, 4.69) is 26.2 Å². The molecule has 0 atom stereocenters. The maximum atomic E-state index is 11.4. The van der Waals surface area contributed by atoms with Gasteiger partial charge >= 0.3 is 10.1 Å². The summed E-state index contributed by atoms with van der Waals surface area (Å²) in [5.41, 5.74) is 1.36. The Balaban J connectivity index is 2.53. The van der Waals surface area contributed by atoms with Gasteiger partial charge in [0, 0.05) is 13.1 Å². The van der Waals surface area contributed by atoms with E-state index in [-0.39, 0.29) is 11.5 Å². The van der Waals surface area contributed by atoms with E-state index in [1.54, 1.807) is 23.9 Å². The van der Waals surface area contributed by atoms with E-state index in [0.717, 1.165) is 0 Å².